The number of nitrogens with one attached hydrogen (secondary N) is 2. The number of hydrogen-bond acceptors (Lipinski definition) is 5. The van der Waals surface area contributed by atoms with Gasteiger partial charge in [0.15, 0.2) is 10.9 Å². The third-order valence-electron chi connectivity index (χ3n) is 4.19. The Morgan fingerprint density at radius 3 is 2.66 bits per heavy atom. The summed E-state index contributed by atoms with van der Waals surface area (Å²) in [5, 5.41) is 16.0. The second-order valence-corrected chi connectivity index (χ2v) is 6.99. The number of rotatable bonds is 4. The third-order valence-corrected chi connectivity index (χ3v) is 4.73. The molecule has 0 unspecified atom stereocenters. The normalized spacial score (nSPS) is 10.8. The lowest BCUT2D eigenvalue weighted by Crippen LogP contribution is -2.33. The second-order valence-electron chi connectivity index (χ2n) is 6.18. The average molecular weight is 427 g/mol. The number of fused-ring (bicyclic) bond motifs is 1. The van der Waals surface area contributed by atoms with Crippen molar-refractivity contribution in [2.75, 3.05) is 5.32 Å². The van der Waals surface area contributed by atoms with E-state index in [1.807, 2.05) is 18.2 Å². The van der Waals surface area contributed by atoms with E-state index in [2.05, 4.69) is 10.6 Å². The summed E-state index contributed by atoms with van der Waals surface area (Å²) in [6.07, 6.45) is 0. The number of aliphatic hydroxyl groups is 1. The molecule has 4 aromatic rings. The van der Waals surface area contributed by atoms with Crippen LogP contribution in [0, 0.1) is 0 Å². The molecule has 29 heavy (non-hydrogen) atoms. The summed E-state index contributed by atoms with van der Waals surface area (Å²) in [7, 11) is 0. The zero-order valence-corrected chi connectivity index (χ0v) is 16.5. The zero-order chi connectivity index (χ0) is 20.4. The van der Waals surface area contributed by atoms with Crippen molar-refractivity contribution in [2.45, 2.75) is 6.61 Å². The molecule has 2 heterocycles. The number of aliphatic hydroxyl groups excluding tert-OH is 1. The number of thiocarbonyl (C=S) groups is 1. The first-order valence-electron chi connectivity index (χ1n) is 8.64. The van der Waals surface area contributed by atoms with Crippen LogP contribution in [0.25, 0.3) is 22.3 Å². The number of amides is 1. The molecule has 0 radical (unpaired) electrons. The van der Waals surface area contributed by atoms with Gasteiger partial charge in [0, 0.05) is 10.9 Å². The van der Waals surface area contributed by atoms with E-state index in [1.54, 1.807) is 42.5 Å². The summed E-state index contributed by atoms with van der Waals surface area (Å²) < 4.78 is 11.1. The highest BCUT2D eigenvalue weighted by Crippen LogP contribution is 2.30. The van der Waals surface area contributed by atoms with Gasteiger partial charge in [0.25, 0.3) is 5.91 Å². The van der Waals surface area contributed by atoms with Gasteiger partial charge in [-0.15, -0.1) is 0 Å². The molecular weight excluding hydrogens is 412 g/mol. The van der Waals surface area contributed by atoms with E-state index in [9.17, 15) is 4.79 Å². The van der Waals surface area contributed by atoms with Crippen LogP contribution in [0.4, 0.5) is 5.69 Å². The molecule has 0 atom stereocenters. The van der Waals surface area contributed by atoms with Crippen LogP contribution < -0.4 is 10.6 Å². The van der Waals surface area contributed by atoms with E-state index in [4.69, 9.17) is 37.8 Å². The lowest BCUT2D eigenvalue weighted by atomic mass is 10.1. The molecule has 0 aliphatic rings. The van der Waals surface area contributed by atoms with Gasteiger partial charge in [-0.05, 0) is 54.7 Å². The van der Waals surface area contributed by atoms with E-state index in [0.717, 1.165) is 10.9 Å². The molecule has 0 spiro atoms. The van der Waals surface area contributed by atoms with Gasteiger partial charge < -0.3 is 19.3 Å². The Balaban J connectivity index is 1.48. The van der Waals surface area contributed by atoms with Crippen molar-refractivity contribution in [2.24, 2.45) is 0 Å². The van der Waals surface area contributed by atoms with Gasteiger partial charge in [0.05, 0.1) is 10.7 Å². The summed E-state index contributed by atoms with van der Waals surface area (Å²) in [6, 6.07) is 17.6. The summed E-state index contributed by atoms with van der Waals surface area (Å²) in [6.45, 7) is -0.184. The Bertz CT molecular complexity index is 1180. The summed E-state index contributed by atoms with van der Waals surface area (Å²) in [5.74, 6) is 0.719. The minimum atomic E-state index is -0.468. The maximum atomic E-state index is 12.4. The van der Waals surface area contributed by atoms with Gasteiger partial charge in [-0.2, -0.15) is 0 Å². The topological polar surface area (TPSA) is 87.6 Å². The van der Waals surface area contributed by atoms with E-state index in [1.165, 1.54) is 0 Å². The first-order valence-corrected chi connectivity index (χ1v) is 9.42. The lowest BCUT2D eigenvalue weighted by Gasteiger charge is -2.11. The van der Waals surface area contributed by atoms with E-state index in [-0.39, 0.29) is 17.5 Å². The van der Waals surface area contributed by atoms with Gasteiger partial charge in [0.2, 0.25) is 0 Å². The van der Waals surface area contributed by atoms with Crippen LogP contribution in [0.2, 0.25) is 5.02 Å². The van der Waals surface area contributed by atoms with Gasteiger partial charge in [-0.1, -0.05) is 29.8 Å². The number of benzene rings is 2. The molecule has 2 aromatic carbocycles. The number of anilines is 1. The van der Waals surface area contributed by atoms with Crippen molar-refractivity contribution >= 4 is 51.5 Å². The van der Waals surface area contributed by atoms with Gasteiger partial charge >= 0.3 is 0 Å². The molecule has 6 nitrogen and oxygen atoms in total. The molecule has 146 valence electrons. The lowest BCUT2D eigenvalue weighted by molar-refractivity contribution is 0.0953. The highest BCUT2D eigenvalue weighted by molar-refractivity contribution is 7.80. The van der Waals surface area contributed by atoms with Crippen LogP contribution in [0.1, 0.15) is 16.3 Å². The van der Waals surface area contributed by atoms with E-state index in [0.29, 0.717) is 27.8 Å². The minimum absolute atomic E-state index is 0.0741. The van der Waals surface area contributed by atoms with Gasteiger partial charge in [-0.3, -0.25) is 10.1 Å². The predicted molar refractivity (Wildman–Crippen MR) is 115 cm³/mol. The zero-order valence-electron chi connectivity index (χ0n) is 14.9. The maximum Gasteiger partial charge on any atom is 0.293 e. The quantitative estimate of drug-likeness (QED) is 0.399. The number of hydrogen-bond donors (Lipinski definition) is 3. The number of halogens is 1. The molecule has 0 saturated carbocycles. The van der Waals surface area contributed by atoms with Crippen LogP contribution in [0.15, 0.2) is 69.5 Å². The number of carbonyl (C=O) groups excluding carboxylic acids is 1. The Kier molecular flexibility index (Phi) is 5.35. The average Bonchev–Trinajstić information content (AvgIpc) is 3.36. The van der Waals surface area contributed by atoms with Crippen LogP contribution in [0.3, 0.4) is 0 Å². The van der Waals surface area contributed by atoms with Crippen molar-refractivity contribution in [3.63, 3.8) is 0 Å². The summed E-state index contributed by atoms with van der Waals surface area (Å²) in [5.41, 5.74) is 1.86. The van der Waals surface area contributed by atoms with Crippen molar-refractivity contribution in [1.82, 2.24) is 5.32 Å². The Morgan fingerprint density at radius 2 is 1.90 bits per heavy atom. The Hall–Kier alpha value is -3.13. The van der Waals surface area contributed by atoms with Crippen LogP contribution in [-0.2, 0) is 6.61 Å². The fourth-order valence-corrected chi connectivity index (χ4v) is 3.17. The molecule has 0 bridgehead atoms. The fourth-order valence-electron chi connectivity index (χ4n) is 2.80. The summed E-state index contributed by atoms with van der Waals surface area (Å²) in [4.78, 5) is 12.4. The number of furan rings is 2. The summed E-state index contributed by atoms with van der Waals surface area (Å²) >= 11 is 11.5. The first-order chi connectivity index (χ1) is 14.0. The molecule has 2 aromatic heterocycles. The third kappa shape index (κ3) is 4.17. The maximum absolute atomic E-state index is 12.4. The highest BCUT2D eigenvalue weighted by atomic mass is 35.5. The molecule has 0 aliphatic heterocycles. The molecule has 0 fully saturated rings. The van der Waals surface area contributed by atoms with Crippen LogP contribution >= 0.6 is 23.8 Å². The number of para-hydroxylation sites is 1. The second kappa shape index (κ2) is 8.08. The van der Waals surface area contributed by atoms with Crippen molar-refractivity contribution < 1.29 is 18.7 Å². The predicted octanol–water partition coefficient (Wildman–Crippen LogP) is 4.97. The van der Waals surface area contributed by atoms with Crippen molar-refractivity contribution in [3.8, 4) is 11.3 Å². The minimum Gasteiger partial charge on any atom is -0.459 e. The molecule has 3 N–H and O–H groups in total. The largest absolute Gasteiger partial charge is 0.459 e. The standard InChI is InChI=1S/C21H15ClN2O4S/c22-15-7-5-13(18-8-6-14(11-25)27-18)9-16(15)23-21(29)24-20(26)19-10-12-3-1-2-4-17(12)28-19/h1-10,25H,11H2,(H2,23,24,26,29). The van der Waals surface area contributed by atoms with E-state index >= 15 is 0 Å². The highest BCUT2D eigenvalue weighted by Gasteiger charge is 2.15. The molecular formula is C21H15ClN2O4S. The Labute approximate surface area is 176 Å². The Morgan fingerprint density at radius 1 is 1.07 bits per heavy atom. The SMILES string of the molecule is O=C(NC(=S)Nc1cc(-c2ccc(CO)o2)ccc1Cl)c1cc2ccccc2o1. The first kappa shape index (κ1) is 19.2. The van der Waals surface area contributed by atoms with E-state index < -0.39 is 5.91 Å². The smallest absolute Gasteiger partial charge is 0.293 e. The number of carbonyl (C=O) groups is 1. The van der Waals surface area contributed by atoms with Crippen LogP contribution in [-0.4, -0.2) is 16.1 Å². The van der Waals surface area contributed by atoms with Crippen LogP contribution in [0.5, 0.6) is 0 Å². The molecule has 8 heteroatoms. The van der Waals surface area contributed by atoms with Gasteiger partial charge in [0.1, 0.15) is 23.7 Å². The molecule has 0 aliphatic carbocycles. The molecule has 1 amide bonds. The molecule has 4 rings (SSSR count). The van der Waals surface area contributed by atoms with Crippen molar-refractivity contribution in [1.29, 1.82) is 0 Å². The monoisotopic (exact) mass is 426 g/mol. The van der Waals surface area contributed by atoms with Gasteiger partial charge in [-0.25, -0.2) is 0 Å². The van der Waals surface area contributed by atoms with Crippen molar-refractivity contribution in [3.05, 3.63) is 77.2 Å². The fraction of sp³-hybridized carbons (Fsp3) is 0.0476. The molecule has 0 saturated heterocycles.